The number of amides is 1. The van der Waals surface area contributed by atoms with Crippen LogP contribution in [0.3, 0.4) is 0 Å². The van der Waals surface area contributed by atoms with Crippen molar-refractivity contribution in [2.45, 2.75) is 51.0 Å². The largest absolute Gasteiger partial charge is 0.399 e. The van der Waals surface area contributed by atoms with Gasteiger partial charge in [-0.2, -0.15) is 0 Å². The molecule has 1 aromatic rings. The number of rotatable bonds is 3. The van der Waals surface area contributed by atoms with E-state index in [4.69, 9.17) is 5.73 Å². The summed E-state index contributed by atoms with van der Waals surface area (Å²) >= 11 is 0. The maximum absolute atomic E-state index is 11.9. The molecule has 3 N–H and O–H groups in total. The summed E-state index contributed by atoms with van der Waals surface area (Å²) in [7, 11) is 0. The van der Waals surface area contributed by atoms with Gasteiger partial charge in [-0.05, 0) is 30.5 Å². The highest BCUT2D eigenvalue weighted by atomic mass is 35.5. The third-order valence-corrected chi connectivity index (χ3v) is 3.56. The SMILES string of the molecule is Cl.Nc1ccc(CC(=O)NC2CCCCCC2)cc1. The molecule has 0 spiro atoms. The Morgan fingerprint density at radius 2 is 1.68 bits per heavy atom. The van der Waals surface area contributed by atoms with E-state index in [1.807, 2.05) is 24.3 Å². The van der Waals surface area contributed by atoms with Gasteiger partial charge in [0.1, 0.15) is 0 Å². The summed E-state index contributed by atoms with van der Waals surface area (Å²) in [6.45, 7) is 0. The van der Waals surface area contributed by atoms with Gasteiger partial charge in [-0.15, -0.1) is 12.4 Å². The van der Waals surface area contributed by atoms with E-state index in [-0.39, 0.29) is 18.3 Å². The molecule has 1 aliphatic carbocycles. The number of nitrogens with two attached hydrogens (primary N) is 1. The topological polar surface area (TPSA) is 55.1 Å². The second-order valence-corrected chi connectivity index (χ2v) is 5.17. The number of nitrogens with one attached hydrogen (secondary N) is 1. The van der Waals surface area contributed by atoms with Crippen molar-refractivity contribution < 1.29 is 4.79 Å². The van der Waals surface area contributed by atoms with Crippen LogP contribution in [0.2, 0.25) is 0 Å². The van der Waals surface area contributed by atoms with Crippen LogP contribution < -0.4 is 11.1 Å². The maximum Gasteiger partial charge on any atom is 0.224 e. The first-order chi connectivity index (χ1) is 8.74. The molecule has 1 fully saturated rings. The van der Waals surface area contributed by atoms with E-state index in [0.717, 1.165) is 24.1 Å². The average Bonchev–Trinajstić information content (AvgIpc) is 2.61. The first-order valence-corrected chi connectivity index (χ1v) is 6.88. The fourth-order valence-electron chi connectivity index (χ4n) is 2.52. The molecule has 0 aromatic heterocycles. The minimum Gasteiger partial charge on any atom is -0.399 e. The van der Waals surface area contributed by atoms with Gasteiger partial charge in [0.15, 0.2) is 0 Å². The summed E-state index contributed by atoms with van der Waals surface area (Å²) < 4.78 is 0. The third-order valence-electron chi connectivity index (χ3n) is 3.56. The van der Waals surface area contributed by atoms with Gasteiger partial charge in [-0.25, -0.2) is 0 Å². The number of nitrogen functional groups attached to an aromatic ring is 1. The number of carbonyl (C=O) groups excluding carboxylic acids is 1. The summed E-state index contributed by atoms with van der Waals surface area (Å²) in [6.07, 6.45) is 7.83. The highest BCUT2D eigenvalue weighted by Gasteiger charge is 2.14. The third kappa shape index (κ3) is 5.52. The summed E-state index contributed by atoms with van der Waals surface area (Å²) in [5, 5.41) is 3.15. The predicted octanol–water partition coefficient (Wildman–Crippen LogP) is 3.07. The van der Waals surface area contributed by atoms with Gasteiger partial charge >= 0.3 is 0 Å². The van der Waals surface area contributed by atoms with Crippen molar-refractivity contribution in [3.8, 4) is 0 Å². The van der Waals surface area contributed by atoms with E-state index >= 15 is 0 Å². The minimum atomic E-state index is 0. The van der Waals surface area contributed by atoms with Crippen LogP contribution in [0.15, 0.2) is 24.3 Å². The van der Waals surface area contributed by atoms with Crippen LogP contribution in [-0.2, 0) is 11.2 Å². The van der Waals surface area contributed by atoms with Crippen LogP contribution in [-0.4, -0.2) is 11.9 Å². The second-order valence-electron chi connectivity index (χ2n) is 5.17. The molecule has 1 amide bonds. The monoisotopic (exact) mass is 282 g/mol. The normalized spacial score (nSPS) is 16.2. The lowest BCUT2D eigenvalue weighted by molar-refractivity contribution is -0.121. The Kier molecular flexibility index (Phi) is 6.71. The van der Waals surface area contributed by atoms with Gasteiger partial charge < -0.3 is 11.1 Å². The lowest BCUT2D eigenvalue weighted by atomic mass is 10.1. The van der Waals surface area contributed by atoms with E-state index in [0.29, 0.717) is 12.5 Å². The summed E-state index contributed by atoms with van der Waals surface area (Å²) in [4.78, 5) is 11.9. The molecule has 0 unspecified atom stereocenters. The van der Waals surface area contributed by atoms with Crippen molar-refractivity contribution in [2.24, 2.45) is 0 Å². The highest BCUT2D eigenvalue weighted by molar-refractivity contribution is 5.85. The van der Waals surface area contributed by atoms with Crippen molar-refractivity contribution in [3.63, 3.8) is 0 Å². The zero-order chi connectivity index (χ0) is 12.8. The number of carbonyl (C=O) groups is 1. The second kappa shape index (κ2) is 8.05. The first kappa shape index (κ1) is 15.8. The lowest BCUT2D eigenvalue weighted by Gasteiger charge is -2.16. The van der Waals surface area contributed by atoms with Crippen LogP contribution >= 0.6 is 12.4 Å². The summed E-state index contributed by atoms with van der Waals surface area (Å²) in [6, 6.07) is 7.90. The fourth-order valence-corrected chi connectivity index (χ4v) is 2.52. The average molecular weight is 283 g/mol. The van der Waals surface area contributed by atoms with Gasteiger partial charge in [0, 0.05) is 11.7 Å². The smallest absolute Gasteiger partial charge is 0.224 e. The highest BCUT2D eigenvalue weighted by Crippen LogP contribution is 2.17. The van der Waals surface area contributed by atoms with Gasteiger partial charge in [0.25, 0.3) is 0 Å². The number of halogens is 1. The van der Waals surface area contributed by atoms with Crippen molar-refractivity contribution >= 4 is 24.0 Å². The van der Waals surface area contributed by atoms with Crippen LogP contribution in [0.1, 0.15) is 44.1 Å². The molecule has 19 heavy (non-hydrogen) atoms. The Labute approximate surface area is 121 Å². The molecule has 0 atom stereocenters. The number of benzene rings is 1. The van der Waals surface area contributed by atoms with Gasteiger partial charge in [0.05, 0.1) is 6.42 Å². The molecule has 1 aromatic carbocycles. The molecule has 2 rings (SSSR count). The van der Waals surface area contributed by atoms with Gasteiger partial charge in [-0.1, -0.05) is 37.8 Å². The first-order valence-electron chi connectivity index (χ1n) is 6.88. The lowest BCUT2D eigenvalue weighted by Crippen LogP contribution is -2.35. The molecule has 0 heterocycles. The Balaban J connectivity index is 0.00000180. The zero-order valence-corrected chi connectivity index (χ0v) is 12.0. The Morgan fingerprint density at radius 3 is 2.26 bits per heavy atom. The molecule has 1 saturated carbocycles. The molecular weight excluding hydrogens is 260 g/mol. The van der Waals surface area contributed by atoms with Crippen LogP contribution in [0.4, 0.5) is 5.69 Å². The van der Waals surface area contributed by atoms with Crippen LogP contribution in [0.25, 0.3) is 0 Å². The van der Waals surface area contributed by atoms with Crippen LogP contribution in [0.5, 0.6) is 0 Å². The number of anilines is 1. The number of hydrogen-bond acceptors (Lipinski definition) is 2. The van der Waals surface area contributed by atoms with E-state index in [9.17, 15) is 4.79 Å². The van der Waals surface area contributed by atoms with Crippen molar-refractivity contribution in [1.82, 2.24) is 5.32 Å². The van der Waals surface area contributed by atoms with Crippen molar-refractivity contribution in [2.75, 3.05) is 5.73 Å². The molecule has 0 saturated heterocycles. The fraction of sp³-hybridized carbons (Fsp3) is 0.533. The maximum atomic E-state index is 11.9. The zero-order valence-electron chi connectivity index (χ0n) is 11.2. The predicted molar refractivity (Wildman–Crippen MR) is 81.4 cm³/mol. The molecule has 3 nitrogen and oxygen atoms in total. The molecule has 1 aliphatic rings. The van der Waals surface area contributed by atoms with Gasteiger partial charge in [-0.3, -0.25) is 4.79 Å². The minimum absolute atomic E-state index is 0. The molecule has 0 radical (unpaired) electrons. The molecule has 0 aliphatic heterocycles. The Bertz CT molecular complexity index is 384. The molecular formula is C15H23ClN2O. The quantitative estimate of drug-likeness (QED) is 0.661. The number of hydrogen-bond donors (Lipinski definition) is 2. The van der Waals surface area contributed by atoms with Crippen molar-refractivity contribution in [3.05, 3.63) is 29.8 Å². The van der Waals surface area contributed by atoms with Crippen molar-refractivity contribution in [1.29, 1.82) is 0 Å². The Morgan fingerprint density at radius 1 is 1.11 bits per heavy atom. The van der Waals surface area contributed by atoms with Gasteiger partial charge in [0.2, 0.25) is 5.91 Å². The molecule has 106 valence electrons. The van der Waals surface area contributed by atoms with E-state index in [1.165, 1.54) is 25.7 Å². The molecule has 0 bridgehead atoms. The Hall–Kier alpha value is -1.22. The summed E-state index contributed by atoms with van der Waals surface area (Å²) in [5.41, 5.74) is 7.39. The van der Waals surface area contributed by atoms with E-state index < -0.39 is 0 Å². The van der Waals surface area contributed by atoms with E-state index in [2.05, 4.69) is 5.32 Å². The molecule has 4 heteroatoms. The summed E-state index contributed by atoms with van der Waals surface area (Å²) in [5.74, 6) is 0.131. The standard InChI is InChI=1S/C15H22N2O.ClH/c16-13-9-7-12(8-10-13)11-15(18)17-14-5-3-1-2-4-6-14;/h7-10,14H,1-6,11,16H2,(H,17,18);1H. The van der Waals surface area contributed by atoms with Crippen LogP contribution in [0, 0.1) is 0 Å². The van der Waals surface area contributed by atoms with E-state index in [1.54, 1.807) is 0 Å².